The van der Waals surface area contributed by atoms with Crippen molar-refractivity contribution in [1.82, 2.24) is 9.88 Å². The van der Waals surface area contributed by atoms with Gasteiger partial charge in [-0.3, -0.25) is 4.79 Å². The number of amides is 2. The van der Waals surface area contributed by atoms with E-state index in [0.717, 1.165) is 23.8 Å². The molecule has 5 nitrogen and oxygen atoms in total. The number of hydrogen-bond donors (Lipinski definition) is 2. The van der Waals surface area contributed by atoms with Crippen molar-refractivity contribution in [3.63, 3.8) is 0 Å². The number of rotatable bonds is 6. The summed E-state index contributed by atoms with van der Waals surface area (Å²) in [6.07, 6.45) is 3.41. The van der Waals surface area contributed by atoms with Crippen molar-refractivity contribution in [2.24, 2.45) is 0 Å². The Morgan fingerprint density at radius 2 is 1.97 bits per heavy atom. The summed E-state index contributed by atoms with van der Waals surface area (Å²) >= 11 is 5.83. The first-order valence-corrected chi connectivity index (χ1v) is 9.93. The summed E-state index contributed by atoms with van der Waals surface area (Å²) in [6.45, 7) is 4.51. The number of aromatic amines is 1. The van der Waals surface area contributed by atoms with Crippen molar-refractivity contribution in [2.45, 2.75) is 32.7 Å². The number of unbranched alkanes of at least 4 members (excludes halogenated alkanes) is 1. The third-order valence-electron chi connectivity index (χ3n) is 4.94. The maximum atomic E-state index is 13.4. The predicted molar refractivity (Wildman–Crippen MR) is 115 cm³/mol. The molecule has 1 atom stereocenters. The number of urea groups is 1. The van der Waals surface area contributed by atoms with E-state index in [0.29, 0.717) is 17.6 Å². The summed E-state index contributed by atoms with van der Waals surface area (Å²) in [6, 6.07) is 10.8. The van der Waals surface area contributed by atoms with Crippen LogP contribution in [0.3, 0.4) is 0 Å². The fourth-order valence-electron chi connectivity index (χ4n) is 3.31. The van der Waals surface area contributed by atoms with E-state index in [4.69, 9.17) is 11.6 Å². The molecule has 0 radical (unpaired) electrons. The molecule has 0 aliphatic heterocycles. The van der Waals surface area contributed by atoms with Crippen LogP contribution in [0.1, 0.15) is 38.3 Å². The fraction of sp³-hybridized carbons (Fsp3) is 0.273. The van der Waals surface area contributed by atoms with Gasteiger partial charge in [-0.1, -0.05) is 43.1 Å². The highest BCUT2D eigenvalue weighted by Crippen LogP contribution is 2.27. The van der Waals surface area contributed by atoms with Gasteiger partial charge in [-0.2, -0.15) is 0 Å². The average Bonchev–Trinajstić information content (AvgIpc) is 2.71. The van der Waals surface area contributed by atoms with Crippen molar-refractivity contribution >= 4 is 34.1 Å². The molecule has 152 valence electrons. The van der Waals surface area contributed by atoms with Crippen LogP contribution in [-0.4, -0.2) is 22.5 Å². The van der Waals surface area contributed by atoms with Gasteiger partial charge in [0.2, 0.25) is 0 Å². The summed E-state index contributed by atoms with van der Waals surface area (Å²) in [7, 11) is 0. The topological polar surface area (TPSA) is 65.2 Å². The number of hydrogen-bond acceptors (Lipinski definition) is 2. The number of fused-ring (bicyclic) bond motifs is 1. The molecule has 0 bridgehead atoms. The van der Waals surface area contributed by atoms with Gasteiger partial charge in [0.15, 0.2) is 0 Å². The second-order valence-electron chi connectivity index (χ2n) is 6.90. The minimum atomic E-state index is -0.541. The zero-order chi connectivity index (χ0) is 21.0. The van der Waals surface area contributed by atoms with E-state index in [1.807, 2.05) is 25.1 Å². The lowest BCUT2D eigenvalue weighted by Gasteiger charge is -2.30. The van der Waals surface area contributed by atoms with E-state index in [1.165, 1.54) is 18.2 Å². The Balaban J connectivity index is 1.93. The van der Waals surface area contributed by atoms with E-state index >= 15 is 0 Å². The minimum Gasteiger partial charge on any atom is -0.328 e. The van der Waals surface area contributed by atoms with Gasteiger partial charge < -0.3 is 15.2 Å². The first kappa shape index (κ1) is 20.9. The van der Waals surface area contributed by atoms with Crippen molar-refractivity contribution in [3.8, 4) is 0 Å². The van der Waals surface area contributed by atoms with Crippen LogP contribution < -0.4 is 10.9 Å². The highest BCUT2D eigenvalue weighted by molar-refractivity contribution is 6.31. The van der Waals surface area contributed by atoms with Crippen molar-refractivity contribution in [2.75, 3.05) is 11.9 Å². The molecule has 3 aromatic rings. The van der Waals surface area contributed by atoms with Crippen LogP contribution in [0.15, 0.2) is 53.5 Å². The molecule has 1 heterocycles. The second kappa shape index (κ2) is 9.09. The van der Waals surface area contributed by atoms with E-state index in [1.54, 1.807) is 17.2 Å². The van der Waals surface area contributed by atoms with E-state index in [-0.39, 0.29) is 22.7 Å². The summed E-state index contributed by atoms with van der Waals surface area (Å²) < 4.78 is 13.4. The Labute approximate surface area is 173 Å². The van der Waals surface area contributed by atoms with Crippen LogP contribution in [-0.2, 0) is 0 Å². The van der Waals surface area contributed by atoms with Crippen LogP contribution in [0.2, 0.25) is 5.02 Å². The summed E-state index contributed by atoms with van der Waals surface area (Å²) in [5, 5.41) is 4.13. The number of pyridine rings is 1. The van der Waals surface area contributed by atoms with E-state index in [2.05, 4.69) is 17.2 Å². The quantitative estimate of drug-likeness (QED) is 0.541. The molecule has 29 heavy (non-hydrogen) atoms. The van der Waals surface area contributed by atoms with E-state index in [9.17, 15) is 14.0 Å². The molecule has 0 spiro atoms. The molecule has 2 N–H and O–H groups in total. The van der Waals surface area contributed by atoms with Gasteiger partial charge in [0.25, 0.3) is 5.56 Å². The number of nitrogens with one attached hydrogen (secondary N) is 2. The number of benzene rings is 2. The molecule has 0 aliphatic carbocycles. The molecule has 0 fully saturated rings. The Bertz CT molecular complexity index is 1080. The van der Waals surface area contributed by atoms with Crippen molar-refractivity contribution < 1.29 is 9.18 Å². The zero-order valence-electron chi connectivity index (χ0n) is 16.3. The number of anilines is 1. The maximum absolute atomic E-state index is 13.4. The van der Waals surface area contributed by atoms with Crippen molar-refractivity contribution in [3.05, 3.63) is 75.4 Å². The lowest BCUT2D eigenvalue weighted by molar-refractivity contribution is 0.192. The summed E-state index contributed by atoms with van der Waals surface area (Å²) in [4.78, 5) is 29.7. The molecule has 3 rings (SSSR count). The third-order valence-corrected chi connectivity index (χ3v) is 5.23. The Morgan fingerprint density at radius 1 is 1.24 bits per heavy atom. The van der Waals surface area contributed by atoms with Crippen LogP contribution in [0.4, 0.5) is 14.9 Å². The molecule has 0 aliphatic rings. The molecule has 7 heteroatoms. The summed E-state index contributed by atoms with van der Waals surface area (Å²) in [5.74, 6) is -0.541. The molecule has 0 saturated carbocycles. The molecule has 2 amide bonds. The maximum Gasteiger partial charge on any atom is 0.322 e. The molecule has 1 aromatic heterocycles. The lowest BCUT2D eigenvalue weighted by Crippen LogP contribution is -2.38. The fourth-order valence-corrected chi connectivity index (χ4v) is 3.49. The van der Waals surface area contributed by atoms with Crippen LogP contribution in [0.5, 0.6) is 0 Å². The number of halogens is 2. The molecule has 1 unspecified atom stereocenters. The molecule has 2 aromatic carbocycles. The second-order valence-corrected chi connectivity index (χ2v) is 7.31. The van der Waals surface area contributed by atoms with Gasteiger partial charge in [-0.15, -0.1) is 0 Å². The Kier molecular flexibility index (Phi) is 6.54. The van der Waals surface area contributed by atoms with Crippen LogP contribution >= 0.6 is 11.6 Å². The Morgan fingerprint density at radius 3 is 2.66 bits per heavy atom. The SMILES string of the molecule is CCCCN(C(=O)Nc1ccc(F)c(Cl)c1)C(C)c1c[nH]c(=O)c2ccccc12. The minimum absolute atomic E-state index is 0.0532. The standard InChI is InChI=1S/C22H23ClFN3O2/c1-3-4-11-27(22(29)26-15-9-10-20(24)19(23)12-15)14(2)18-13-25-21(28)17-8-6-5-7-16(17)18/h5-10,12-14H,3-4,11H2,1-2H3,(H,25,28)(H,26,29). The number of carbonyl (C=O) groups is 1. The monoisotopic (exact) mass is 415 g/mol. The molecular weight excluding hydrogens is 393 g/mol. The molecular formula is C22H23ClFN3O2. The van der Waals surface area contributed by atoms with Crippen LogP contribution in [0, 0.1) is 5.82 Å². The van der Waals surface area contributed by atoms with Gasteiger partial charge >= 0.3 is 6.03 Å². The molecule has 0 saturated heterocycles. The number of H-pyrrole nitrogens is 1. The van der Waals surface area contributed by atoms with Gasteiger partial charge in [-0.25, -0.2) is 9.18 Å². The predicted octanol–water partition coefficient (Wildman–Crippen LogP) is 5.72. The lowest BCUT2D eigenvalue weighted by atomic mass is 10.0. The number of aromatic nitrogens is 1. The normalized spacial score (nSPS) is 12.0. The first-order valence-electron chi connectivity index (χ1n) is 9.55. The smallest absolute Gasteiger partial charge is 0.322 e. The third kappa shape index (κ3) is 4.59. The first-order chi connectivity index (χ1) is 13.9. The highest BCUT2D eigenvalue weighted by atomic mass is 35.5. The van der Waals surface area contributed by atoms with Gasteiger partial charge in [0, 0.05) is 23.8 Å². The highest BCUT2D eigenvalue weighted by Gasteiger charge is 2.23. The zero-order valence-corrected chi connectivity index (χ0v) is 17.1. The number of nitrogens with zero attached hydrogens (tertiary/aromatic N) is 1. The van der Waals surface area contributed by atoms with Gasteiger partial charge in [-0.05, 0) is 48.6 Å². The van der Waals surface area contributed by atoms with Crippen molar-refractivity contribution in [1.29, 1.82) is 0 Å². The average molecular weight is 416 g/mol. The summed E-state index contributed by atoms with van der Waals surface area (Å²) in [5.41, 5.74) is 1.10. The number of carbonyl (C=O) groups excluding carboxylic acids is 1. The van der Waals surface area contributed by atoms with Gasteiger partial charge in [0.1, 0.15) is 5.82 Å². The van der Waals surface area contributed by atoms with Gasteiger partial charge in [0.05, 0.1) is 11.1 Å². The van der Waals surface area contributed by atoms with Crippen LogP contribution in [0.25, 0.3) is 10.8 Å². The Hall–Kier alpha value is -2.86. The largest absolute Gasteiger partial charge is 0.328 e. The van der Waals surface area contributed by atoms with E-state index < -0.39 is 5.82 Å².